The van der Waals surface area contributed by atoms with Gasteiger partial charge in [-0.25, -0.2) is 13.6 Å². The lowest BCUT2D eigenvalue weighted by Gasteiger charge is -2.35. The number of ether oxygens (including phenoxy) is 1. The van der Waals surface area contributed by atoms with Crippen molar-refractivity contribution in [3.8, 4) is 5.75 Å². The first-order valence-electron chi connectivity index (χ1n) is 9.17. The fourth-order valence-corrected chi connectivity index (χ4v) is 3.37. The Balaban J connectivity index is 2.11. The van der Waals surface area contributed by atoms with E-state index in [0.29, 0.717) is 11.4 Å². The van der Waals surface area contributed by atoms with Crippen molar-refractivity contribution in [3.05, 3.63) is 83.6 Å². The zero-order chi connectivity index (χ0) is 21.8. The first-order chi connectivity index (χ1) is 14.4. The number of amides is 3. The zero-order valence-electron chi connectivity index (χ0n) is 16.5. The predicted molar refractivity (Wildman–Crippen MR) is 109 cm³/mol. The van der Waals surface area contributed by atoms with Crippen LogP contribution in [0.3, 0.4) is 0 Å². The number of allylic oxidation sites excluding steroid dienone is 1. The molecule has 0 spiro atoms. The Kier molecular flexibility index (Phi) is 6.15. The lowest BCUT2D eigenvalue weighted by molar-refractivity contribution is -0.113. The molecule has 0 aliphatic carbocycles. The number of rotatable bonds is 6. The van der Waals surface area contributed by atoms with Crippen LogP contribution in [0.25, 0.3) is 0 Å². The second kappa shape index (κ2) is 8.77. The molecule has 0 radical (unpaired) electrons. The SMILES string of the molecule is C=CCN1C(=O)N[C@@H](c2c(F)cccc2F)C(C(=O)Nc2ccccc2OC)=C1C. The molecule has 156 valence electrons. The molecule has 6 nitrogen and oxygen atoms in total. The largest absolute Gasteiger partial charge is 0.495 e. The number of nitrogens with zero attached hydrogens (tertiary/aromatic N) is 1. The summed E-state index contributed by atoms with van der Waals surface area (Å²) in [4.78, 5) is 27.1. The Morgan fingerprint density at radius 2 is 1.90 bits per heavy atom. The lowest BCUT2D eigenvalue weighted by atomic mass is 9.93. The van der Waals surface area contributed by atoms with Crippen LogP contribution < -0.4 is 15.4 Å². The minimum atomic E-state index is -1.31. The average Bonchev–Trinajstić information content (AvgIpc) is 2.71. The van der Waals surface area contributed by atoms with Gasteiger partial charge in [-0.05, 0) is 31.2 Å². The van der Waals surface area contributed by atoms with Crippen LogP contribution in [0, 0.1) is 11.6 Å². The molecule has 3 rings (SSSR count). The van der Waals surface area contributed by atoms with E-state index in [1.165, 1.54) is 24.2 Å². The van der Waals surface area contributed by atoms with Crippen LogP contribution in [0.5, 0.6) is 5.75 Å². The molecule has 2 N–H and O–H groups in total. The first-order valence-corrected chi connectivity index (χ1v) is 9.17. The van der Waals surface area contributed by atoms with Crippen LogP contribution in [-0.2, 0) is 4.79 Å². The van der Waals surface area contributed by atoms with Gasteiger partial charge >= 0.3 is 6.03 Å². The lowest BCUT2D eigenvalue weighted by Crippen LogP contribution is -2.49. The third-order valence-electron chi connectivity index (χ3n) is 4.80. The summed E-state index contributed by atoms with van der Waals surface area (Å²) in [7, 11) is 1.46. The van der Waals surface area contributed by atoms with Gasteiger partial charge in [0, 0.05) is 12.2 Å². The summed E-state index contributed by atoms with van der Waals surface area (Å²) in [6.07, 6.45) is 1.49. The number of methoxy groups -OCH3 is 1. The molecule has 0 unspecified atom stereocenters. The molecule has 2 aromatic carbocycles. The van der Waals surface area contributed by atoms with E-state index < -0.39 is 35.2 Å². The summed E-state index contributed by atoms with van der Waals surface area (Å²) < 4.78 is 34.3. The molecule has 1 heterocycles. The standard InChI is InChI=1S/C22H21F2N3O3/c1-4-12-27-13(2)18(21(28)25-16-10-5-6-11-17(16)30-3)20(26-22(27)29)19-14(23)8-7-9-15(19)24/h4-11,20H,1,12H2,2-3H3,(H,25,28)(H,26,29)/t20-/m1/s1. The minimum absolute atomic E-state index is 0.00589. The number of anilines is 1. The summed E-state index contributed by atoms with van der Waals surface area (Å²) in [6, 6.07) is 8.21. The smallest absolute Gasteiger partial charge is 0.322 e. The molecule has 8 heteroatoms. The number of nitrogens with one attached hydrogen (secondary N) is 2. The molecule has 3 amide bonds. The Hall–Kier alpha value is -3.68. The molecule has 1 aliphatic rings. The number of hydrogen-bond acceptors (Lipinski definition) is 3. The van der Waals surface area contributed by atoms with Crippen LogP contribution in [0.4, 0.5) is 19.3 Å². The van der Waals surface area contributed by atoms with E-state index in [-0.39, 0.29) is 17.8 Å². The first kappa shape index (κ1) is 21.0. The minimum Gasteiger partial charge on any atom is -0.495 e. The number of urea groups is 1. The Labute approximate surface area is 172 Å². The van der Waals surface area contributed by atoms with Crippen molar-refractivity contribution in [3.63, 3.8) is 0 Å². The van der Waals surface area contributed by atoms with E-state index in [4.69, 9.17) is 4.74 Å². The molecular formula is C22H21F2N3O3. The Morgan fingerprint density at radius 1 is 1.23 bits per heavy atom. The summed E-state index contributed by atoms with van der Waals surface area (Å²) in [6.45, 7) is 5.28. The Bertz CT molecular complexity index is 1020. The molecule has 1 atom stereocenters. The van der Waals surface area contributed by atoms with Crippen molar-refractivity contribution in [1.82, 2.24) is 10.2 Å². The molecule has 0 bridgehead atoms. The molecule has 1 aliphatic heterocycles. The van der Waals surface area contributed by atoms with E-state index in [1.807, 2.05) is 0 Å². The van der Waals surface area contributed by atoms with Gasteiger partial charge < -0.3 is 15.4 Å². The maximum absolute atomic E-state index is 14.5. The Morgan fingerprint density at radius 3 is 2.53 bits per heavy atom. The topological polar surface area (TPSA) is 70.7 Å². The highest BCUT2D eigenvalue weighted by molar-refractivity contribution is 6.07. The van der Waals surface area contributed by atoms with Gasteiger partial charge in [-0.15, -0.1) is 6.58 Å². The van der Waals surface area contributed by atoms with Crippen LogP contribution in [0.2, 0.25) is 0 Å². The van der Waals surface area contributed by atoms with E-state index in [2.05, 4.69) is 17.2 Å². The van der Waals surface area contributed by atoms with Crippen molar-refractivity contribution >= 4 is 17.6 Å². The normalized spacial score (nSPS) is 16.2. The number of halogens is 2. The maximum Gasteiger partial charge on any atom is 0.322 e. The van der Waals surface area contributed by atoms with Gasteiger partial charge in [-0.1, -0.05) is 24.3 Å². The molecule has 30 heavy (non-hydrogen) atoms. The molecule has 0 aromatic heterocycles. The summed E-state index contributed by atoms with van der Waals surface area (Å²) in [5.74, 6) is -1.94. The number of para-hydroxylation sites is 2. The van der Waals surface area contributed by atoms with E-state index in [9.17, 15) is 18.4 Å². The van der Waals surface area contributed by atoms with Crippen LogP contribution >= 0.6 is 0 Å². The average molecular weight is 413 g/mol. The van der Waals surface area contributed by atoms with E-state index in [1.54, 1.807) is 31.2 Å². The maximum atomic E-state index is 14.5. The van der Waals surface area contributed by atoms with Crippen molar-refractivity contribution in [2.75, 3.05) is 19.0 Å². The van der Waals surface area contributed by atoms with Gasteiger partial charge in [0.2, 0.25) is 0 Å². The van der Waals surface area contributed by atoms with Gasteiger partial charge in [0.05, 0.1) is 30.0 Å². The van der Waals surface area contributed by atoms with Crippen molar-refractivity contribution in [2.45, 2.75) is 13.0 Å². The summed E-state index contributed by atoms with van der Waals surface area (Å²) in [5, 5.41) is 5.24. The molecule has 0 fully saturated rings. The highest BCUT2D eigenvalue weighted by Gasteiger charge is 2.38. The summed E-state index contributed by atoms with van der Waals surface area (Å²) >= 11 is 0. The quantitative estimate of drug-likeness (QED) is 0.700. The van der Waals surface area contributed by atoms with Crippen LogP contribution in [-0.4, -0.2) is 30.5 Å². The second-order valence-corrected chi connectivity index (χ2v) is 6.57. The zero-order valence-corrected chi connectivity index (χ0v) is 16.5. The van der Waals surface area contributed by atoms with Crippen molar-refractivity contribution < 1.29 is 23.1 Å². The fourth-order valence-electron chi connectivity index (χ4n) is 3.37. The predicted octanol–water partition coefficient (Wildman–Crippen LogP) is 4.14. The number of benzene rings is 2. The number of hydrogen-bond donors (Lipinski definition) is 2. The number of carbonyl (C=O) groups excluding carboxylic acids is 2. The fraction of sp³-hybridized carbons (Fsp3) is 0.182. The van der Waals surface area contributed by atoms with E-state index >= 15 is 0 Å². The van der Waals surface area contributed by atoms with Gasteiger partial charge in [-0.3, -0.25) is 9.69 Å². The molecular weight excluding hydrogens is 392 g/mol. The van der Waals surface area contributed by atoms with E-state index in [0.717, 1.165) is 12.1 Å². The van der Waals surface area contributed by atoms with Crippen LogP contribution in [0.1, 0.15) is 18.5 Å². The highest BCUT2D eigenvalue weighted by Crippen LogP contribution is 2.34. The third-order valence-corrected chi connectivity index (χ3v) is 4.80. The van der Waals surface area contributed by atoms with Gasteiger partial charge in [0.15, 0.2) is 0 Å². The number of carbonyl (C=O) groups is 2. The summed E-state index contributed by atoms with van der Waals surface area (Å²) in [5.41, 5.74) is 0.240. The highest BCUT2D eigenvalue weighted by atomic mass is 19.1. The van der Waals surface area contributed by atoms with Crippen LogP contribution in [0.15, 0.2) is 66.4 Å². The second-order valence-electron chi connectivity index (χ2n) is 6.57. The molecule has 0 saturated carbocycles. The monoisotopic (exact) mass is 413 g/mol. The molecule has 2 aromatic rings. The van der Waals surface area contributed by atoms with Crippen molar-refractivity contribution in [2.24, 2.45) is 0 Å². The van der Waals surface area contributed by atoms with Gasteiger partial charge in [-0.2, -0.15) is 0 Å². The third kappa shape index (κ3) is 3.89. The molecule has 0 saturated heterocycles. The van der Waals surface area contributed by atoms with Gasteiger partial charge in [0.25, 0.3) is 5.91 Å². The van der Waals surface area contributed by atoms with Crippen molar-refractivity contribution in [1.29, 1.82) is 0 Å². The van der Waals surface area contributed by atoms with Gasteiger partial charge in [0.1, 0.15) is 17.4 Å².